The van der Waals surface area contributed by atoms with Gasteiger partial charge in [-0.2, -0.15) is 0 Å². The highest BCUT2D eigenvalue weighted by molar-refractivity contribution is 6.33. The summed E-state index contributed by atoms with van der Waals surface area (Å²) in [6.45, 7) is 5.78. The second-order valence-electron chi connectivity index (χ2n) is 5.41. The number of carbonyl (C=O) groups excluding carboxylic acids is 1. The van der Waals surface area contributed by atoms with Crippen LogP contribution in [-0.2, 0) is 4.74 Å². The normalized spacial score (nSPS) is 24.7. The predicted octanol–water partition coefficient (Wildman–Crippen LogP) is 3.65. The fourth-order valence-electron chi connectivity index (χ4n) is 3.23. The number of Topliss-reactive ketones (excluding diaryl/α,β-unsaturated/α-hetero) is 1. The zero-order valence-electron chi connectivity index (χ0n) is 12.1. The molecule has 3 nitrogen and oxygen atoms in total. The van der Waals surface area contributed by atoms with E-state index in [4.69, 9.17) is 16.3 Å². The molecule has 0 aromatic carbocycles. The van der Waals surface area contributed by atoms with Crippen LogP contribution in [0, 0.1) is 13.8 Å². The van der Waals surface area contributed by atoms with E-state index < -0.39 is 5.38 Å². The Balaban J connectivity index is 2.39. The molecule has 1 saturated carbocycles. The van der Waals surface area contributed by atoms with Gasteiger partial charge < -0.3 is 9.30 Å². The zero-order chi connectivity index (χ0) is 14.2. The summed E-state index contributed by atoms with van der Waals surface area (Å²) in [4.78, 5) is 12.1. The molecule has 0 radical (unpaired) electrons. The summed E-state index contributed by atoms with van der Waals surface area (Å²) in [5, 5.41) is -0.476. The van der Waals surface area contributed by atoms with Crippen molar-refractivity contribution in [1.29, 1.82) is 0 Å². The largest absolute Gasteiger partial charge is 0.379 e. The van der Waals surface area contributed by atoms with Gasteiger partial charge in [-0.1, -0.05) is 0 Å². The van der Waals surface area contributed by atoms with Crippen LogP contribution >= 0.6 is 11.6 Å². The van der Waals surface area contributed by atoms with Gasteiger partial charge in [0, 0.05) is 24.1 Å². The highest BCUT2D eigenvalue weighted by atomic mass is 35.5. The van der Waals surface area contributed by atoms with Crippen molar-refractivity contribution in [3.8, 4) is 0 Å². The van der Waals surface area contributed by atoms with Crippen molar-refractivity contribution in [1.82, 2.24) is 4.57 Å². The van der Waals surface area contributed by atoms with E-state index in [9.17, 15) is 4.79 Å². The number of halogens is 1. The topological polar surface area (TPSA) is 31.2 Å². The van der Waals surface area contributed by atoms with Crippen molar-refractivity contribution < 1.29 is 9.53 Å². The molecule has 3 unspecified atom stereocenters. The number of aromatic nitrogens is 1. The summed E-state index contributed by atoms with van der Waals surface area (Å²) in [5.74, 6) is 0.00739. The maximum absolute atomic E-state index is 12.1. The molecule has 1 aliphatic rings. The number of hydrogen-bond acceptors (Lipinski definition) is 2. The third kappa shape index (κ3) is 2.59. The number of methoxy groups -OCH3 is 1. The van der Waals surface area contributed by atoms with Crippen LogP contribution in [0.2, 0.25) is 0 Å². The number of ketones is 1. The van der Waals surface area contributed by atoms with Crippen LogP contribution in [-0.4, -0.2) is 28.9 Å². The summed E-state index contributed by atoms with van der Waals surface area (Å²) in [7, 11) is 1.77. The van der Waals surface area contributed by atoms with E-state index in [1.807, 2.05) is 19.9 Å². The molecule has 2 rings (SSSR count). The van der Waals surface area contributed by atoms with E-state index in [1.54, 1.807) is 14.0 Å². The van der Waals surface area contributed by atoms with E-state index >= 15 is 0 Å². The van der Waals surface area contributed by atoms with Crippen molar-refractivity contribution >= 4 is 17.4 Å². The summed E-state index contributed by atoms with van der Waals surface area (Å²) < 4.78 is 7.83. The maximum atomic E-state index is 12.1. The van der Waals surface area contributed by atoms with Crippen LogP contribution in [0.1, 0.15) is 54.0 Å². The molecule has 1 fully saturated rings. The quantitative estimate of drug-likeness (QED) is 0.624. The van der Waals surface area contributed by atoms with E-state index in [2.05, 4.69) is 4.57 Å². The Bertz CT molecular complexity index is 479. The molecule has 0 saturated heterocycles. The summed E-state index contributed by atoms with van der Waals surface area (Å²) >= 11 is 5.93. The van der Waals surface area contributed by atoms with Crippen LogP contribution in [0.4, 0.5) is 0 Å². The first-order valence-corrected chi connectivity index (χ1v) is 7.30. The third-order valence-electron chi connectivity index (χ3n) is 4.16. The second-order valence-corrected chi connectivity index (χ2v) is 6.06. The second kappa shape index (κ2) is 5.68. The Morgan fingerprint density at radius 1 is 1.47 bits per heavy atom. The molecule has 4 heteroatoms. The fraction of sp³-hybridized carbons (Fsp3) is 0.667. The van der Waals surface area contributed by atoms with Gasteiger partial charge in [-0.3, -0.25) is 4.79 Å². The molecule has 1 aromatic heterocycles. The van der Waals surface area contributed by atoms with Crippen LogP contribution in [0.5, 0.6) is 0 Å². The zero-order valence-corrected chi connectivity index (χ0v) is 12.8. The molecular weight excluding hydrogens is 262 g/mol. The van der Waals surface area contributed by atoms with Gasteiger partial charge in [0.15, 0.2) is 5.78 Å². The van der Waals surface area contributed by atoms with Crippen molar-refractivity contribution in [3.63, 3.8) is 0 Å². The monoisotopic (exact) mass is 283 g/mol. The SMILES string of the molecule is COC1CCCC1n1c(C)cc(C(=O)C(C)Cl)c1C. The minimum atomic E-state index is -0.476. The van der Waals surface area contributed by atoms with E-state index in [-0.39, 0.29) is 11.9 Å². The van der Waals surface area contributed by atoms with Crippen LogP contribution in [0.3, 0.4) is 0 Å². The first kappa shape index (κ1) is 14.6. The molecular formula is C15H22ClNO2. The lowest BCUT2D eigenvalue weighted by Crippen LogP contribution is -2.23. The first-order valence-electron chi connectivity index (χ1n) is 6.86. The van der Waals surface area contributed by atoms with E-state index in [1.165, 1.54) is 6.42 Å². The van der Waals surface area contributed by atoms with Gasteiger partial charge in [0.2, 0.25) is 0 Å². The molecule has 1 aliphatic carbocycles. The van der Waals surface area contributed by atoms with E-state index in [0.717, 1.165) is 29.8 Å². The smallest absolute Gasteiger partial charge is 0.182 e. The van der Waals surface area contributed by atoms with E-state index in [0.29, 0.717) is 6.04 Å². The molecule has 0 amide bonds. The van der Waals surface area contributed by atoms with Gasteiger partial charge in [-0.15, -0.1) is 11.6 Å². The lowest BCUT2D eigenvalue weighted by Gasteiger charge is -2.23. The van der Waals surface area contributed by atoms with Gasteiger partial charge in [-0.05, 0) is 46.1 Å². The highest BCUT2D eigenvalue weighted by Gasteiger charge is 2.31. The van der Waals surface area contributed by atoms with Crippen LogP contribution in [0.25, 0.3) is 0 Å². The predicted molar refractivity (Wildman–Crippen MR) is 77.2 cm³/mol. The minimum absolute atomic E-state index is 0.00739. The standard InChI is InChI=1S/C15H22ClNO2/c1-9-8-12(15(18)10(2)16)11(3)17(9)13-6-5-7-14(13)19-4/h8,10,13-14H,5-7H2,1-4H3. The lowest BCUT2D eigenvalue weighted by molar-refractivity contribution is 0.0737. The van der Waals surface area contributed by atoms with Crippen molar-refractivity contribution in [2.75, 3.05) is 7.11 Å². The molecule has 19 heavy (non-hydrogen) atoms. The number of rotatable bonds is 4. The van der Waals surface area contributed by atoms with Gasteiger partial charge >= 0.3 is 0 Å². The fourth-order valence-corrected chi connectivity index (χ4v) is 3.35. The number of hydrogen-bond donors (Lipinski definition) is 0. The Morgan fingerprint density at radius 2 is 2.16 bits per heavy atom. The van der Waals surface area contributed by atoms with Crippen molar-refractivity contribution in [2.24, 2.45) is 0 Å². The molecule has 0 aliphatic heterocycles. The molecule has 106 valence electrons. The van der Waals surface area contributed by atoms with Gasteiger partial charge in [-0.25, -0.2) is 0 Å². The summed E-state index contributed by atoms with van der Waals surface area (Å²) in [5.41, 5.74) is 2.89. The Hall–Kier alpha value is -0.800. The molecule has 0 N–H and O–H groups in total. The van der Waals surface area contributed by atoms with Crippen molar-refractivity contribution in [2.45, 2.75) is 57.6 Å². The Kier molecular flexibility index (Phi) is 4.36. The Labute approximate surface area is 119 Å². The molecule has 0 spiro atoms. The molecule has 1 aromatic rings. The molecule has 3 atom stereocenters. The van der Waals surface area contributed by atoms with Gasteiger partial charge in [0.05, 0.1) is 17.5 Å². The number of carbonyl (C=O) groups is 1. The molecule has 1 heterocycles. The first-order chi connectivity index (χ1) is 8.97. The number of aryl methyl sites for hydroxylation is 1. The average Bonchev–Trinajstić information content (AvgIpc) is 2.92. The lowest BCUT2D eigenvalue weighted by atomic mass is 10.1. The third-order valence-corrected chi connectivity index (χ3v) is 4.36. The van der Waals surface area contributed by atoms with Gasteiger partial charge in [0.1, 0.15) is 0 Å². The summed E-state index contributed by atoms with van der Waals surface area (Å²) in [6, 6.07) is 2.30. The average molecular weight is 284 g/mol. The number of nitrogens with zero attached hydrogens (tertiary/aromatic N) is 1. The number of ether oxygens (including phenoxy) is 1. The summed E-state index contributed by atoms with van der Waals surface area (Å²) in [6.07, 6.45) is 3.63. The van der Waals surface area contributed by atoms with Crippen molar-refractivity contribution in [3.05, 3.63) is 23.0 Å². The van der Waals surface area contributed by atoms with Crippen LogP contribution in [0.15, 0.2) is 6.07 Å². The highest BCUT2D eigenvalue weighted by Crippen LogP contribution is 2.35. The van der Waals surface area contributed by atoms with Crippen LogP contribution < -0.4 is 0 Å². The van der Waals surface area contributed by atoms with Gasteiger partial charge in [0.25, 0.3) is 0 Å². The number of alkyl halides is 1. The maximum Gasteiger partial charge on any atom is 0.182 e. The molecule has 0 bridgehead atoms. The Morgan fingerprint density at radius 3 is 2.74 bits per heavy atom. The minimum Gasteiger partial charge on any atom is -0.379 e.